The standard InChI is InChI=1S/C12H11I2N3O2/c1-6(7-4-15-16-5-7)17-12(19)9-2-8(13)3-10(14)11(9)18/h2-6,18H,1H3,(H,15,16)(H,17,19). The number of aromatic hydroxyl groups is 1. The Labute approximate surface area is 137 Å². The van der Waals surface area contributed by atoms with Crippen molar-refractivity contribution in [3.8, 4) is 5.75 Å². The first-order chi connectivity index (χ1) is 8.99. The maximum absolute atomic E-state index is 12.2. The number of phenols is 1. The Morgan fingerprint density at radius 3 is 2.84 bits per heavy atom. The number of rotatable bonds is 3. The van der Waals surface area contributed by atoms with Gasteiger partial charge in [-0.25, -0.2) is 0 Å². The van der Waals surface area contributed by atoms with Gasteiger partial charge in [-0.2, -0.15) is 5.10 Å². The number of hydrogen-bond acceptors (Lipinski definition) is 3. The van der Waals surface area contributed by atoms with E-state index in [-0.39, 0.29) is 23.3 Å². The van der Waals surface area contributed by atoms with Gasteiger partial charge in [-0.1, -0.05) is 0 Å². The van der Waals surface area contributed by atoms with Gasteiger partial charge in [0.1, 0.15) is 5.75 Å². The molecule has 0 aliphatic rings. The molecule has 2 rings (SSSR count). The molecule has 2 aromatic rings. The summed E-state index contributed by atoms with van der Waals surface area (Å²) in [6.07, 6.45) is 3.38. The van der Waals surface area contributed by atoms with Crippen molar-refractivity contribution in [2.45, 2.75) is 13.0 Å². The van der Waals surface area contributed by atoms with E-state index in [1.807, 2.05) is 35.6 Å². The maximum atomic E-state index is 12.2. The van der Waals surface area contributed by atoms with Crippen LogP contribution in [0.15, 0.2) is 24.5 Å². The molecule has 0 aliphatic carbocycles. The first-order valence-electron chi connectivity index (χ1n) is 5.46. The highest BCUT2D eigenvalue weighted by atomic mass is 127. The quantitative estimate of drug-likeness (QED) is 0.589. The van der Waals surface area contributed by atoms with Crippen molar-refractivity contribution < 1.29 is 9.90 Å². The van der Waals surface area contributed by atoms with Crippen molar-refractivity contribution in [3.63, 3.8) is 0 Å². The summed E-state index contributed by atoms with van der Waals surface area (Å²) in [5.41, 5.74) is 1.17. The van der Waals surface area contributed by atoms with E-state index < -0.39 is 0 Å². The number of nitrogens with zero attached hydrogens (tertiary/aromatic N) is 1. The molecule has 7 heteroatoms. The average Bonchev–Trinajstić information content (AvgIpc) is 2.87. The molecule has 1 heterocycles. The van der Waals surface area contributed by atoms with Gasteiger partial charge in [0.05, 0.1) is 21.4 Å². The fourth-order valence-corrected chi connectivity index (χ4v) is 3.44. The number of carbonyl (C=O) groups excluding carboxylic acids is 1. The van der Waals surface area contributed by atoms with Crippen molar-refractivity contribution in [2.75, 3.05) is 0 Å². The Bertz CT molecular complexity index is 599. The van der Waals surface area contributed by atoms with Crippen molar-refractivity contribution in [1.82, 2.24) is 15.5 Å². The number of phenolic OH excluding ortho intramolecular Hbond substituents is 1. The predicted molar refractivity (Wildman–Crippen MR) is 88.0 cm³/mol. The van der Waals surface area contributed by atoms with E-state index in [4.69, 9.17) is 0 Å². The van der Waals surface area contributed by atoms with Gasteiger partial charge in [0.2, 0.25) is 0 Å². The molecule has 1 aromatic heterocycles. The summed E-state index contributed by atoms with van der Waals surface area (Å²) in [5, 5.41) is 19.3. The van der Waals surface area contributed by atoms with Crippen LogP contribution in [-0.4, -0.2) is 21.2 Å². The van der Waals surface area contributed by atoms with Crippen LogP contribution in [0.2, 0.25) is 0 Å². The molecule has 5 nitrogen and oxygen atoms in total. The second-order valence-electron chi connectivity index (χ2n) is 4.01. The molecule has 3 N–H and O–H groups in total. The molecule has 19 heavy (non-hydrogen) atoms. The van der Waals surface area contributed by atoms with Gasteiger partial charge in [0, 0.05) is 15.3 Å². The Balaban J connectivity index is 2.21. The van der Waals surface area contributed by atoms with E-state index in [1.165, 1.54) is 0 Å². The third-order valence-electron chi connectivity index (χ3n) is 2.64. The van der Waals surface area contributed by atoms with Gasteiger partial charge in [-0.15, -0.1) is 0 Å². The number of amides is 1. The van der Waals surface area contributed by atoms with Crippen LogP contribution >= 0.6 is 45.2 Å². The van der Waals surface area contributed by atoms with E-state index in [2.05, 4.69) is 38.1 Å². The Hall–Kier alpha value is -0.840. The van der Waals surface area contributed by atoms with Crippen LogP contribution in [0.25, 0.3) is 0 Å². The second-order valence-corrected chi connectivity index (χ2v) is 6.42. The minimum absolute atomic E-state index is 0.0120. The molecule has 0 radical (unpaired) electrons. The third kappa shape index (κ3) is 3.38. The predicted octanol–water partition coefficient (Wildman–Crippen LogP) is 2.82. The van der Waals surface area contributed by atoms with Crippen molar-refractivity contribution in [2.24, 2.45) is 0 Å². The Morgan fingerprint density at radius 2 is 2.21 bits per heavy atom. The first kappa shape index (κ1) is 14.6. The summed E-state index contributed by atoms with van der Waals surface area (Å²) < 4.78 is 1.56. The lowest BCUT2D eigenvalue weighted by molar-refractivity contribution is 0.0937. The number of halogens is 2. The monoisotopic (exact) mass is 483 g/mol. The van der Waals surface area contributed by atoms with Crippen LogP contribution in [-0.2, 0) is 0 Å². The average molecular weight is 483 g/mol. The highest BCUT2D eigenvalue weighted by Crippen LogP contribution is 2.27. The molecule has 1 atom stereocenters. The third-order valence-corrected chi connectivity index (χ3v) is 4.08. The number of aromatic amines is 1. The molecule has 0 aliphatic heterocycles. The van der Waals surface area contributed by atoms with Crippen LogP contribution in [0.3, 0.4) is 0 Å². The summed E-state index contributed by atoms with van der Waals surface area (Å²) in [6, 6.07) is 3.29. The van der Waals surface area contributed by atoms with E-state index in [0.717, 1.165) is 9.13 Å². The maximum Gasteiger partial charge on any atom is 0.255 e. The van der Waals surface area contributed by atoms with Gasteiger partial charge < -0.3 is 10.4 Å². The molecule has 0 saturated heterocycles. The number of aromatic nitrogens is 2. The minimum Gasteiger partial charge on any atom is -0.506 e. The number of hydrogen-bond donors (Lipinski definition) is 3. The molecule has 1 aromatic carbocycles. The number of H-pyrrole nitrogens is 1. The number of nitrogens with one attached hydrogen (secondary N) is 2. The number of carbonyl (C=O) groups is 1. The molecule has 1 amide bonds. The largest absolute Gasteiger partial charge is 0.506 e. The molecule has 0 saturated carbocycles. The summed E-state index contributed by atoms with van der Waals surface area (Å²) in [4.78, 5) is 12.2. The lowest BCUT2D eigenvalue weighted by Crippen LogP contribution is -2.26. The van der Waals surface area contributed by atoms with Crippen LogP contribution in [0.5, 0.6) is 5.75 Å². The van der Waals surface area contributed by atoms with Crippen LogP contribution in [0, 0.1) is 7.14 Å². The fraction of sp³-hybridized carbons (Fsp3) is 0.167. The van der Waals surface area contributed by atoms with Crippen LogP contribution < -0.4 is 5.32 Å². The van der Waals surface area contributed by atoms with Gasteiger partial charge in [0.15, 0.2) is 0 Å². The molecule has 100 valence electrons. The molecule has 0 fully saturated rings. The van der Waals surface area contributed by atoms with E-state index in [1.54, 1.807) is 18.5 Å². The van der Waals surface area contributed by atoms with Crippen LogP contribution in [0.1, 0.15) is 28.9 Å². The highest BCUT2D eigenvalue weighted by molar-refractivity contribution is 14.1. The SMILES string of the molecule is CC(NC(=O)c1cc(I)cc(I)c1O)c1cn[nH]c1. The molecular weight excluding hydrogens is 472 g/mol. The van der Waals surface area contributed by atoms with Gasteiger partial charge >= 0.3 is 0 Å². The topological polar surface area (TPSA) is 78.0 Å². The lowest BCUT2D eigenvalue weighted by Gasteiger charge is -2.13. The van der Waals surface area contributed by atoms with E-state index in [9.17, 15) is 9.90 Å². The van der Waals surface area contributed by atoms with Gasteiger partial charge in [-0.3, -0.25) is 9.89 Å². The summed E-state index contributed by atoms with van der Waals surface area (Å²) >= 11 is 4.12. The van der Waals surface area contributed by atoms with Gasteiger partial charge in [-0.05, 0) is 64.2 Å². The fourth-order valence-electron chi connectivity index (χ4n) is 1.59. The second kappa shape index (κ2) is 6.07. The molecule has 0 spiro atoms. The summed E-state index contributed by atoms with van der Waals surface area (Å²) in [6.45, 7) is 1.86. The Morgan fingerprint density at radius 1 is 1.47 bits per heavy atom. The number of benzene rings is 1. The lowest BCUT2D eigenvalue weighted by atomic mass is 10.1. The van der Waals surface area contributed by atoms with Crippen molar-refractivity contribution >= 4 is 51.1 Å². The van der Waals surface area contributed by atoms with Crippen molar-refractivity contribution in [1.29, 1.82) is 0 Å². The normalized spacial score (nSPS) is 12.2. The van der Waals surface area contributed by atoms with E-state index in [0.29, 0.717) is 3.57 Å². The zero-order chi connectivity index (χ0) is 14.0. The van der Waals surface area contributed by atoms with Crippen LogP contribution in [0.4, 0.5) is 0 Å². The van der Waals surface area contributed by atoms with E-state index >= 15 is 0 Å². The minimum atomic E-state index is -0.303. The zero-order valence-corrected chi connectivity index (χ0v) is 14.3. The molecule has 1 unspecified atom stereocenters. The highest BCUT2D eigenvalue weighted by Gasteiger charge is 2.17. The summed E-state index contributed by atoms with van der Waals surface area (Å²) in [5.74, 6) is -0.291. The van der Waals surface area contributed by atoms with Crippen molar-refractivity contribution in [3.05, 3.63) is 42.8 Å². The summed E-state index contributed by atoms with van der Waals surface area (Å²) in [7, 11) is 0. The van der Waals surface area contributed by atoms with Gasteiger partial charge in [0.25, 0.3) is 5.91 Å². The molecular formula is C12H11I2N3O2. The molecule has 0 bridgehead atoms. The first-order valence-corrected chi connectivity index (χ1v) is 7.62. The Kier molecular flexibility index (Phi) is 4.66. The smallest absolute Gasteiger partial charge is 0.255 e. The zero-order valence-electron chi connectivity index (χ0n) is 9.95.